The highest BCUT2D eigenvalue weighted by atomic mass is 16.5. The molecule has 3 heterocycles. The third-order valence-electron chi connectivity index (χ3n) is 5.27. The van der Waals surface area contributed by atoms with E-state index in [0.717, 1.165) is 56.4 Å². The molecule has 2 aromatic rings. The van der Waals surface area contributed by atoms with Gasteiger partial charge in [-0.2, -0.15) is 0 Å². The van der Waals surface area contributed by atoms with Crippen molar-refractivity contribution in [3.63, 3.8) is 0 Å². The number of guanidine groups is 1. The molecule has 0 bridgehead atoms. The van der Waals surface area contributed by atoms with Crippen LogP contribution in [0.1, 0.15) is 11.3 Å². The second kappa shape index (κ2) is 10.9. The van der Waals surface area contributed by atoms with Crippen molar-refractivity contribution in [2.75, 3.05) is 66.6 Å². The lowest BCUT2D eigenvalue weighted by atomic mass is 10.3. The van der Waals surface area contributed by atoms with E-state index in [2.05, 4.69) is 49.0 Å². The zero-order valence-corrected chi connectivity index (χ0v) is 18.2. The number of aliphatic imine (C=N–C) groups is 1. The average Bonchev–Trinajstić information content (AvgIpc) is 3.17. The number of amides is 1. The van der Waals surface area contributed by atoms with Gasteiger partial charge in [-0.1, -0.05) is 6.07 Å². The van der Waals surface area contributed by atoms with Crippen LogP contribution in [0.4, 0.5) is 0 Å². The molecule has 0 saturated carbocycles. The molecule has 1 saturated heterocycles. The number of hydrogen-bond donors (Lipinski definition) is 2. The van der Waals surface area contributed by atoms with Crippen molar-refractivity contribution >= 4 is 17.5 Å². The summed E-state index contributed by atoms with van der Waals surface area (Å²) in [5.41, 5.74) is 3.26. The summed E-state index contributed by atoms with van der Waals surface area (Å²) < 4.78 is 7.03. The van der Waals surface area contributed by atoms with E-state index >= 15 is 0 Å². The highest BCUT2D eigenvalue weighted by molar-refractivity contribution is 5.80. The number of nitrogens with zero attached hydrogens (tertiary/aromatic N) is 5. The molecule has 2 aromatic heterocycles. The number of imidazole rings is 1. The number of pyridine rings is 1. The zero-order chi connectivity index (χ0) is 21.3. The maximum atomic E-state index is 12.0. The number of rotatable bonds is 8. The van der Waals surface area contributed by atoms with Crippen LogP contribution in [0.5, 0.6) is 0 Å². The van der Waals surface area contributed by atoms with Crippen LogP contribution in [0.2, 0.25) is 0 Å². The predicted molar refractivity (Wildman–Crippen MR) is 118 cm³/mol. The molecular formula is C21H33N7O2. The number of carbonyl (C=O) groups excluding carboxylic acids is 1. The Morgan fingerprint density at radius 1 is 1.23 bits per heavy atom. The highest BCUT2D eigenvalue weighted by Gasteiger charge is 2.21. The molecule has 1 fully saturated rings. The molecule has 9 heteroatoms. The number of aromatic nitrogens is 2. The standard InChI is InChI=1S/C21H33N7O2/c1-17-5-4-9-28-15-18(25-20(17)28)6-7-24-21(22-2)27-12-10-26(11-13-27)16-19(29)23-8-14-30-3/h4-5,9,15H,6-8,10-14,16H2,1-3H3,(H,22,24)(H,23,29). The average molecular weight is 416 g/mol. The van der Waals surface area contributed by atoms with E-state index in [4.69, 9.17) is 9.72 Å². The summed E-state index contributed by atoms with van der Waals surface area (Å²) in [7, 11) is 3.44. The number of piperazine rings is 1. The van der Waals surface area contributed by atoms with Gasteiger partial charge in [0.15, 0.2) is 5.96 Å². The quantitative estimate of drug-likeness (QED) is 0.362. The Bertz CT molecular complexity index is 856. The lowest BCUT2D eigenvalue weighted by Crippen LogP contribution is -2.54. The summed E-state index contributed by atoms with van der Waals surface area (Å²) in [4.78, 5) is 25.5. The summed E-state index contributed by atoms with van der Waals surface area (Å²) in [6, 6.07) is 4.12. The van der Waals surface area contributed by atoms with Crippen molar-refractivity contribution in [3.05, 3.63) is 35.8 Å². The lowest BCUT2D eigenvalue weighted by molar-refractivity contribution is -0.122. The lowest BCUT2D eigenvalue weighted by Gasteiger charge is -2.36. The number of carbonyl (C=O) groups is 1. The summed E-state index contributed by atoms with van der Waals surface area (Å²) >= 11 is 0. The maximum absolute atomic E-state index is 12.0. The van der Waals surface area contributed by atoms with Crippen LogP contribution in [0.3, 0.4) is 0 Å². The third kappa shape index (κ3) is 5.93. The molecule has 0 spiro atoms. The molecule has 30 heavy (non-hydrogen) atoms. The number of nitrogens with one attached hydrogen (secondary N) is 2. The Labute approximate surface area is 178 Å². The van der Waals surface area contributed by atoms with Gasteiger partial charge in [0.2, 0.25) is 5.91 Å². The number of ether oxygens (including phenoxy) is 1. The minimum absolute atomic E-state index is 0.0469. The van der Waals surface area contributed by atoms with Crippen molar-refractivity contribution in [2.45, 2.75) is 13.3 Å². The van der Waals surface area contributed by atoms with Crippen molar-refractivity contribution in [2.24, 2.45) is 4.99 Å². The molecule has 0 unspecified atom stereocenters. The maximum Gasteiger partial charge on any atom is 0.234 e. The molecule has 1 amide bonds. The monoisotopic (exact) mass is 415 g/mol. The molecule has 2 N–H and O–H groups in total. The van der Waals surface area contributed by atoms with Gasteiger partial charge in [0, 0.05) is 72.2 Å². The van der Waals surface area contributed by atoms with Crippen molar-refractivity contribution in [1.29, 1.82) is 0 Å². The second-order valence-electron chi connectivity index (χ2n) is 7.48. The first-order chi connectivity index (χ1) is 14.6. The van der Waals surface area contributed by atoms with Crippen LogP contribution in [0.25, 0.3) is 5.65 Å². The topological polar surface area (TPSA) is 86.5 Å². The normalized spacial score (nSPS) is 15.6. The van der Waals surface area contributed by atoms with E-state index in [1.807, 2.05) is 19.3 Å². The number of methoxy groups -OCH3 is 1. The van der Waals surface area contributed by atoms with Crippen LogP contribution >= 0.6 is 0 Å². The third-order valence-corrected chi connectivity index (χ3v) is 5.27. The smallest absolute Gasteiger partial charge is 0.234 e. The first kappa shape index (κ1) is 22.0. The molecule has 1 aliphatic rings. The van der Waals surface area contributed by atoms with E-state index in [1.165, 1.54) is 5.56 Å². The Kier molecular flexibility index (Phi) is 8.04. The van der Waals surface area contributed by atoms with E-state index in [9.17, 15) is 4.79 Å². The zero-order valence-electron chi connectivity index (χ0n) is 18.2. The fraction of sp³-hybridized carbons (Fsp3) is 0.571. The van der Waals surface area contributed by atoms with Gasteiger partial charge in [0.05, 0.1) is 18.8 Å². The van der Waals surface area contributed by atoms with Crippen LogP contribution in [0, 0.1) is 6.92 Å². The van der Waals surface area contributed by atoms with Gasteiger partial charge in [-0.25, -0.2) is 4.98 Å². The summed E-state index contributed by atoms with van der Waals surface area (Å²) in [5, 5.41) is 6.32. The van der Waals surface area contributed by atoms with Crippen molar-refractivity contribution in [3.8, 4) is 0 Å². The number of aryl methyl sites for hydroxylation is 1. The van der Waals surface area contributed by atoms with Crippen LogP contribution < -0.4 is 10.6 Å². The Morgan fingerprint density at radius 2 is 2.03 bits per heavy atom. The van der Waals surface area contributed by atoms with Gasteiger partial charge in [-0.05, 0) is 18.6 Å². The number of hydrogen-bond acceptors (Lipinski definition) is 5. The molecule has 3 rings (SSSR count). The van der Waals surface area contributed by atoms with Gasteiger partial charge >= 0.3 is 0 Å². The highest BCUT2D eigenvalue weighted by Crippen LogP contribution is 2.10. The van der Waals surface area contributed by atoms with Crippen molar-refractivity contribution < 1.29 is 9.53 Å². The largest absolute Gasteiger partial charge is 0.383 e. The molecule has 0 atom stereocenters. The van der Waals surface area contributed by atoms with Crippen molar-refractivity contribution in [1.82, 2.24) is 29.8 Å². The van der Waals surface area contributed by atoms with E-state index in [0.29, 0.717) is 19.7 Å². The second-order valence-corrected chi connectivity index (χ2v) is 7.48. The minimum atomic E-state index is 0.0469. The summed E-state index contributed by atoms with van der Waals surface area (Å²) in [6.45, 7) is 7.74. The fourth-order valence-electron chi connectivity index (χ4n) is 3.63. The first-order valence-corrected chi connectivity index (χ1v) is 10.5. The predicted octanol–water partition coefficient (Wildman–Crippen LogP) is 0.141. The van der Waals surface area contributed by atoms with Gasteiger partial charge in [0.1, 0.15) is 5.65 Å². The van der Waals surface area contributed by atoms with E-state index < -0.39 is 0 Å². The van der Waals surface area contributed by atoms with Gasteiger partial charge in [0.25, 0.3) is 0 Å². The Morgan fingerprint density at radius 3 is 2.73 bits per heavy atom. The molecule has 0 radical (unpaired) electrons. The van der Waals surface area contributed by atoms with Gasteiger partial charge in [-0.15, -0.1) is 0 Å². The Hall–Kier alpha value is -2.65. The molecule has 1 aliphatic heterocycles. The Balaban J connectivity index is 1.41. The SMILES string of the molecule is CN=C(NCCc1cn2cccc(C)c2n1)N1CCN(CC(=O)NCCOC)CC1. The van der Waals surface area contributed by atoms with Crippen LogP contribution in [-0.2, 0) is 16.0 Å². The summed E-state index contributed by atoms with van der Waals surface area (Å²) in [6.07, 6.45) is 4.95. The summed E-state index contributed by atoms with van der Waals surface area (Å²) in [5.74, 6) is 0.949. The van der Waals surface area contributed by atoms with Crippen LogP contribution in [-0.4, -0.2) is 97.6 Å². The number of fused-ring (bicyclic) bond motifs is 1. The van der Waals surface area contributed by atoms with Gasteiger partial charge in [-0.3, -0.25) is 14.7 Å². The minimum Gasteiger partial charge on any atom is -0.383 e. The van der Waals surface area contributed by atoms with E-state index in [1.54, 1.807) is 7.11 Å². The molecule has 0 aliphatic carbocycles. The molecule has 164 valence electrons. The fourth-order valence-corrected chi connectivity index (χ4v) is 3.63. The van der Waals surface area contributed by atoms with Gasteiger partial charge < -0.3 is 24.7 Å². The molecule has 0 aromatic carbocycles. The van der Waals surface area contributed by atoms with E-state index in [-0.39, 0.29) is 5.91 Å². The molecular weight excluding hydrogens is 382 g/mol. The first-order valence-electron chi connectivity index (χ1n) is 10.5. The van der Waals surface area contributed by atoms with Crippen LogP contribution in [0.15, 0.2) is 29.5 Å². The molecule has 9 nitrogen and oxygen atoms in total.